The fourth-order valence-electron chi connectivity index (χ4n) is 5.68. The molecule has 0 fully saturated rings. The molecular formula is C42H44NO20+. The number of hydrogen-bond donors (Lipinski definition) is 0. The van der Waals surface area contributed by atoms with Crippen LogP contribution in [0.15, 0.2) is 24.3 Å². The molecule has 0 aliphatic rings. The van der Waals surface area contributed by atoms with Gasteiger partial charge in [-0.25, -0.2) is 0 Å². The number of likely N-dealkylation sites (N-methyl/N-ethyl adjacent to an activating group) is 1. The molecular weight excluding hydrogens is 838 g/mol. The Balaban J connectivity index is 5.97. The lowest BCUT2D eigenvalue weighted by Gasteiger charge is -2.41. The molecule has 0 radical (unpaired) electrons. The summed E-state index contributed by atoms with van der Waals surface area (Å²) in [6, 6.07) is -3.75. The van der Waals surface area contributed by atoms with Crippen LogP contribution in [0.1, 0.15) is 91.9 Å². The molecule has 0 aliphatic heterocycles. The number of ketones is 20. The standard InChI is InChI=1S/C42H44NO20/c1-7-11-13-15-23(44)31(52)25(46)17-19-27(48)33(54)37(58)41(62)39(60)35(56)29(50)21(9-3)43(5,6)22(10-4)30(51)36(57)40(61)42(63)38(59)34(55)28(49)20-18-26(47)32(53)24(45)16-14-12-8-2/h17-22H,7-16H2,1-6H3/q+1/b19-17-,20-18-. The molecule has 0 aliphatic carbocycles. The molecule has 2 unspecified atom stereocenters. The van der Waals surface area contributed by atoms with Gasteiger partial charge in [0.2, 0.25) is 34.7 Å². The van der Waals surface area contributed by atoms with E-state index in [1.165, 1.54) is 13.8 Å². The minimum Gasteiger partial charge on any atom is -0.310 e. The summed E-state index contributed by atoms with van der Waals surface area (Å²) in [5.74, 6) is -39.7. The van der Waals surface area contributed by atoms with Crippen LogP contribution in [0.25, 0.3) is 0 Å². The Kier molecular flexibility index (Phi) is 22.7. The topological polar surface area (TPSA) is 341 Å². The molecule has 0 spiro atoms. The van der Waals surface area contributed by atoms with Crippen molar-refractivity contribution < 1.29 is 100 Å². The Morgan fingerprint density at radius 2 is 0.571 bits per heavy atom. The molecule has 0 saturated carbocycles. The van der Waals surface area contributed by atoms with Crippen LogP contribution < -0.4 is 0 Å². The number of carbonyl (C=O) groups excluding carboxylic acids is 20. The van der Waals surface area contributed by atoms with Crippen molar-refractivity contribution >= 4 is 116 Å². The second-order valence-corrected chi connectivity index (χ2v) is 14.0. The van der Waals surface area contributed by atoms with Gasteiger partial charge in [0.05, 0.1) is 14.1 Å². The Labute approximate surface area is 358 Å². The highest BCUT2D eigenvalue weighted by Gasteiger charge is 2.50. The Hall–Kier alpha value is -7.16. The molecule has 63 heavy (non-hydrogen) atoms. The summed E-state index contributed by atoms with van der Waals surface area (Å²) in [7, 11) is 2.01. The summed E-state index contributed by atoms with van der Waals surface area (Å²) < 4.78 is -1.10. The lowest BCUT2D eigenvalue weighted by molar-refractivity contribution is -0.920. The van der Waals surface area contributed by atoms with Crippen LogP contribution in [-0.4, -0.2) is 146 Å². The molecule has 0 heterocycles. The summed E-state index contributed by atoms with van der Waals surface area (Å²) in [5.41, 5.74) is 0. The van der Waals surface area contributed by atoms with Gasteiger partial charge in [0, 0.05) is 25.7 Å². The maximum Gasteiger partial charge on any atom is 0.281 e. The van der Waals surface area contributed by atoms with Gasteiger partial charge < -0.3 is 4.48 Å². The molecule has 0 bridgehead atoms. The van der Waals surface area contributed by atoms with Gasteiger partial charge in [-0.05, 0) is 37.1 Å². The molecule has 0 N–H and O–H groups in total. The monoisotopic (exact) mass is 882 g/mol. The van der Waals surface area contributed by atoms with E-state index in [0.29, 0.717) is 25.7 Å². The highest BCUT2D eigenvalue weighted by atomic mass is 16.2. The van der Waals surface area contributed by atoms with Crippen molar-refractivity contribution in [2.75, 3.05) is 14.1 Å². The fourth-order valence-corrected chi connectivity index (χ4v) is 5.68. The lowest BCUT2D eigenvalue weighted by Crippen LogP contribution is -2.64. The summed E-state index contributed by atoms with van der Waals surface area (Å²) >= 11 is 0. The summed E-state index contributed by atoms with van der Waals surface area (Å²) in [6.45, 7) is 6.00. The molecule has 0 amide bonds. The molecule has 0 aromatic rings. The first-order valence-corrected chi connectivity index (χ1v) is 19.2. The van der Waals surface area contributed by atoms with Gasteiger partial charge in [0.1, 0.15) is 0 Å². The second-order valence-electron chi connectivity index (χ2n) is 14.0. The van der Waals surface area contributed by atoms with Crippen molar-refractivity contribution in [3.05, 3.63) is 24.3 Å². The third-order valence-electron chi connectivity index (χ3n) is 9.27. The number of hydrogen-bond acceptors (Lipinski definition) is 20. The van der Waals surface area contributed by atoms with Crippen molar-refractivity contribution in [2.24, 2.45) is 0 Å². The van der Waals surface area contributed by atoms with Gasteiger partial charge in [0.25, 0.3) is 81.0 Å². The first kappa shape index (κ1) is 55.8. The van der Waals surface area contributed by atoms with Gasteiger partial charge in [-0.15, -0.1) is 0 Å². The van der Waals surface area contributed by atoms with Crippen molar-refractivity contribution in [1.29, 1.82) is 0 Å². The molecule has 0 rings (SSSR count). The number of rotatable bonds is 34. The highest BCUT2D eigenvalue weighted by molar-refractivity contribution is 6.97. The summed E-state index contributed by atoms with van der Waals surface area (Å²) in [5, 5.41) is 0. The third-order valence-corrected chi connectivity index (χ3v) is 9.27. The molecule has 0 aromatic carbocycles. The van der Waals surface area contributed by atoms with E-state index in [9.17, 15) is 95.9 Å². The van der Waals surface area contributed by atoms with Crippen LogP contribution in [0.5, 0.6) is 0 Å². The minimum absolute atomic E-state index is 0.0563. The Bertz CT molecular complexity index is 2030. The number of allylic oxidation sites excluding steroid dienone is 4. The number of Topliss-reactive ketones (excluding diaryl/α,β-unsaturated/α-hetero) is 16. The van der Waals surface area contributed by atoms with E-state index in [1.54, 1.807) is 13.8 Å². The molecule has 21 nitrogen and oxygen atoms in total. The summed E-state index contributed by atoms with van der Waals surface area (Å²) in [6.07, 6.45) is 1.94. The van der Waals surface area contributed by atoms with Crippen LogP contribution >= 0.6 is 0 Å². The molecule has 0 saturated heterocycles. The zero-order valence-corrected chi connectivity index (χ0v) is 35.1. The van der Waals surface area contributed by atoms with E-state index in [0.717, 1.165) is 14.1 Å². The van der Waals surface area contributed by atoms with E-state index in [-0.39, 0.29) is 50.0 Å². The van der Waals surface area contributed by atoms with Crippen LogP contribution in [0.3, 0.4) is 0 Å². The van der Waals surface area contributed by atoms with E-state index >= 15 is 0 Å². The van der Waals surface area contributed by atoms with Crippen molar-refractivity contribution in [1.82, 2.24) is 0 Å². The van der Waals surface area contributed by atoms with Gasteiger partial charge >= 0.3 is 0 Å². The zero-order chi connectivity index (χ0) is 49.1. The number of quaternary nitrogens is 1. The maximum absolute atomic E-state index is 13.3. The van der Waals surface area contributed by atoms with Gasteiger partial charge in [-0.1, -0.05) is 53.4 Å². The molecule has 0 aromatic heterocycles. The quantitative estimate of drug-likeness (QED) is 0.0228. The average Bonchev–Trinajstić information content (AvgIpc) is 3.26. The predicted molar refractivity (Wildman–Crippen MR) is 207 cm³/mol. The lowest BCUT2D eigenvalue weighted by atomic mass is 9.91. The van der Waals surface area contributed by atoms with Gasteiger partial charge in [-0.3, -0.25) is 95.9 Å². The van der Waals surface area contributed by atoms with E-state index in [4.69, 9.17) is 0 Å². The van der Waals surface area contributed by atoms with E-state index in [2.05, 4.69) is 0 Å². The zero-order valence-electron chi connectivity index (χ0n) is 35.1. The van der Waals surface area contributed by atoms with Crippen LogP contribution in [0, 0.1) is 0 Å². The maximum atomic E-state index is 13.3. The Morgan fingerprint density at radius 3 is 0.825 bits per heavy atom. The SMILES string of the molecule is CCCCCC(=O)C(=O)C(=O)/C=C\C(=O)C(=O)C(=O)C(=O)C(=O)C(=O)C(=O)C(CC)[N+](C)(C)C(CC)C(=O)C(=O)C(=O)C(=O)C(=O)C(=O)C(=O)/C=C\C(=O)C(=O)C(=O)CCCCC. The average molecular weight is 883 g/mol. The number of unbranched alkanes of at least 4 members (excludes halogenated alkanes) is 4. The smallest absolute Gasteiger partial charge is 0.281 e. The van der Waals surface area contributed by atoms with Crippen LogP contribution in [0.2, 0.25) is 0 Å². The molecule has 2 atom stereocenters. The van der Waals surface area contributed by atoms with Crippen molar-refractivity contribution in [3.8, 4) is 0 Å². The first-order chi connectivity index (χ1) is 29.2. The third kappa shape index (κ3) is 15.1. The minimum atomic E-state index is -2.49. The van der Waals surface area contributed by atoms with Gasteiger partial charge in [-0.2, -0.15) is 0 Å². The Morgan fingerprint density at radius 1 is 0.333 bits per heavy atom. The molecule has 21 heteroatoms. The van der Waals surface area contributed by atoms with E-state index in [1.807, 2.05) is 0 Å². The van der Waals surface area contributed by atoms with Crippen molar-refractivity contribution in [2.45, 2.75) is 104 Å². The number of nitrogens with zero attached hydrogens (tertiary/aromatic N) is 1. The first-order valence-electron chi connectivity index (χ1n) is 19.2. The molecule has 336 valence electrons. The van der Waals surface area contributed by atoms with Crippen molar-refractivity contribution in [3.63, 3.8) is 0 Å². The normalized spacial score (nSPS) is 12.0. The largest absolute Gasteiger partial charge is 0.310 e. The highest BCUT2D eigenvalue weighted by Crippen LogP contribution is 2.22. The van der Waals surface area contributed by atoms with Crippen LogP contribution in [-0.2, 0) is 95.9 Å². The van der Waals surface area contributed by atoms with E-state index < -0.39 is 145 Å². The fraction of sp³-hybridized carbons (Fsp3) is 0.429. The van der Waals surface area contributed by atoms with Crippen LogP contribution in [0.4, 0.5) is 0 Å². The number of carbonyl (C=O) groups is 20. The van der Waals surface area contributed by atoms with Gasteiger partial charge in [0.15, 0.2) is 12.1 Å². The predicted octanol–water partition coefficient (Wildman–Crippen LogP) is -1.72. The second kappa shape index (κ2) is 25.6. The summed E-state index contributed by atoms with van der Waals surface area (Å²) in [4.78, 5) is 247.